The minimum absolute atomic E-state index is 0.0336. The highest BCUT2D eigenvalue weighted by Crippen LogP contribution is 2.42. The van der Waals surface area contributed by atoms with E-state index < -0.39 is 16.9 Å². The quantitative estimate of drug-likeness (QED) is 0.248. The summed E-state index contributed by atoms with van der Waals surface area (Å²) in [5.41, 5.74) is 0.636. The Labute approximate surface area is 146 Å². The van der Waals surface area contributed by atoms with Gasteiger partial charge in [-0.25, -0.2) is 9.59 Å². The number of carbonyl (C=O) groups is 2. The average molecular weight is 351 g/mol. The summed E-state index contributed by atoms with van der Waals surface area (Å²) in [4.78, 5) is 36.2. The lowest BCUT2D eigenvalue weighted by Crippen LogP contribution is -2.21. The summed E-state index contributed by atoms with van der Waals surface area (Å²) in [5.74, 6) is -1.64. The van der Waals surface area contributed by atoms with E-state index in [-0.39, 0.29) is 22.4 Å². The van der Waals surface area contributed by atoms with Crippen molar-refractivity contribution >= 4 is 41.0 Å². The number of thiol groups is 1. The molecule has 0 fully saturated rings. The molecule has 0 unspecified atom stereocenters. The Hall–Kier alpha value is -3.19. The smallest absolute Gasteiger partial charge is 0.347 e. The fourth-order valence-corrected chi connectivity index (χ4v) is 3.22. The number of cyclic esters (lactones) is 2. The van der Waals surface area contributed by atoms with Crippen molar-refractivity contribution in [3.05, 3.63) is 69.8 Å². The van der Waals surface area contributed by atoms with Gasteiger partial charge in [0.2, 0.25) is 0 Å². The molecule has 0 amide bonds. The van der Waals surface area contributed by atoms with Crippen molar-refractivity contribution in [3.63, 3.8) is 0 Å². The molecule has 0 radical (unpaired) electrons. The number of nitro groups is 1. The van der Waals surface area contributed by atoms with E-state index in [9.17, 15) is 19.7 Å². The first kappa shape index (κ1) is 15.3. The zero-order valence-corrected chi connectivity index (χ0v) is 13.4. The highest BCUT2D eigenvalue weighted by molar-refractivity contribution is 7.80. The van der Waals surface area contributed by atoms with Crippen molar-refractivity contribution in [2.45, 2.75) is 4.90 Å². The van der Waals surface area contributed by atoms with Gasteiger partial charge in [-0.1, -0.05) is 24.3 Å². The van der Waals surface area contributed by atoms with Gasteiger partial charge in [-0.3, -0.25) is 10.1 Å². The van der Waals surface area contributed by atoms with Gasteiger partial charge in [0.15, 0.2) is 0 Å². The van der Waals surface area contributed by atoms with Crippen LogP contribution in [0.2, 0.25) is 0 Å². The van der Waals surface area contributed by atoms with Crippen LogP contribution in [-0.2, 0) is 4.74 Å². The summed E-state index contributed by atoms with van der Waals surface area (Å²) in [6.07, 6.45) is 0. The summed E-state index contributed by atoms with van der Waals surface area (Å²) >= 11 is 4.21. The summed E-state index contributed by atoms with van der Waals surface area (Å²) in [6.45, 7) is 0. The molecular weight excluding hydrogens is 342 g/mol. The number of benzene rings is 3. The number of ether oxygens (including phenoxy) is 1. The van der Waals surface area contributed by atoms with Crippen LogP contribution in [-0.4, -0.2) is 16.9 Å². The fourth-order valence-electron chi connectivity index (χ4n) is 3.07. The van der Waals surface area contributed by atoms with Gasteiger partial charge in [0.1, 0.15) is 0 Å². The molecule has 4 rings (SSSR count). The van der Waals surface area contributed by atoms with Gasteiger partial charge in [-0.15, -0.1) is 12.6 Å². The Morgan fingerprint density at radius 1 is 0.960 bits per heavy atom. The van der Waals surface area contributed by atoms with Crippen LogP contribution in [0.3, 0.4) is 0 Å². The second-order valence-electron chi connectivity index (χ2n) is 5.53. The van der Waals surface area contributed by atoms with E-state index >= 15 is 0 Å². The Balaban J connectivity index is 2.21. The molecule has 0 saturated heterocycles. The number of nitrogens with zero attached hydrogens (tertiary/aromatic N) is 1. The van der Waals surface area contributed by atoms with E-state index in [0.29, 0.717) is 21.2 Å². The maximum Gasteiger partial charge on any atom is 0.347 e. The highest BCUT2D eigenvalue weighted by Gasteiger charge is 2.34. The number of hydrogen-bond donors (Lipinski definition) is 1. The van der Waals surface area contributed by atoms with Crippen molar-refractivity contribution in [3.8, 4) is 11.1 Å². The lowest BCUT2D eigenvalue weighted by atomic mass is 9.89. The Bertz CT molecular complexity index is 1090. The molecule has 3 aromatic carbocycles. The lowest BCUT2D eigenvalue weighted by molar-refractivity contribution is -0.384. The summed E-state index contributed by atoms with van der Waals surface area (Å²) in [5, 5.41) is 12.4. The summed E-state index contributed by atoms with van der Waals surface area (Å²) in [7, 11) is 0. The SMILES string of the molecule is O=C1OC(=O)c2c(-c3ccc(S)cc3)c([N+](=O)[O-])cc3cccc1c23. The number of hydrogen-bond acceptors (Lipinski definition) is 6. The monoisotopic (exact) mass is 351 g/mol. The maximum absolute atomic E-state index is 12.4. The summed E-state index contributed by atoms with van der Waals surface area (Å²) < 4.78 is 4.81. The molecule has 1 heterocycles. The van der Waals surface area contributed by atoms with Gasteiger partial charge in [0, 0.05) is 16.3 Å². The van der Waals surface area contributed by atoms with Crippen molar-refractivity contribution in [1.82, 2.24) is 0 Å². The molecular formula is C18H9NO5S. The molecule has 0 spiro atoms. The van der Waals surface area contributed by atoms with Gasteiger partial charge < -0.3 is 4.74 Å². The molecule has 7 heteroatoms. The van der Waals surface area contributed by atoms with Gasteiger partial charge in [0.25, 0.3) is 5.69 Å². The molecule has 3 aromatic rings. The van der Waals surface area contributed by atoms with Crippen molar-refractivity contribution < 1.29 is 19.2 Å². The van der Waals surface area contributed by atoms with E-state index in [0.717, 1.165) is 0 Å². The molecule has 0 aliphatic carbocycles. The Morgan fingerprint density at radius 3 is 2.36 bits per heavy atom. The van der Waals surface area contributed by atoms with E-state index in [2.05, 4.69) is 12.6 Å². The van der Waals surface area contributed by atoms with E-state index in [1.54, 1.807) is 36.4 Å². The van der Waals surface area contributed by atoms with Gasteiger partial charge in [0.05, 0.1) is 21.6 Å². The molecule has 0 bridgehead atoms. The van der Waals surface area contributed by atoms with Crippen LogP contribution in [0, 0.1) is 10.1 Å². The Morgan fingerprint density at radius 2 is 1.68 bits per heavy atom. The molecule has 0 saturated carbocycles. The number of carbonyl (C=O) groups excluding carboxylic acids is 2. The van der Waals surface area contributed by atoms with Crippen LogP contribution in [0.5, 0.6) is 0 Å². The van der Waals surface area contributed by atoms with Gasteiger partial charge in [-0.2, -0.15) is 0 Å². The first-order valence-electron chi connectivity index (χ1n) is 7.27. The second-order valence-corrected chi connectivity index (χ2v) is 6.05. The van der Waals surface area contributed by atoms with Crippen LogP contribution in [0.4, 0.5) is 5.69 Å². The largest absolute Gasteiger partial charge is 0.386 e. The number of esters is 2. The van der Waals surface area contributed by atoms with Crippen molar-refractivity contribution in [2.75, 3.05) is 0 Å². The minimum Gasteiger partial charge on any atom is -0.386 e. The van der Waals surface area contributed by atoms with E-state index in [1.807, 2.05) is 0 Å². The average Bonchev–Trinajstić information content (AvgIpc) is 2.59. The third kappa shape index (κ3) is 2.28. The van der Waals surface area contributed by atoms with Gasteiger partial charge in [-0.05, 0) is 29.1 Å². The fraction of sp³-hybridized carbons (Fsp3) is 0. The first-order valence-corrected chi connectivity index (χ1v) is 7.72. The lowest BCUT2D eigenvalue weighted by Gasteiger charge is -2.18. The Kier molecular flexibility index (Phi) is 3.33. The van der Waals surface area contributed by atoms with Crippen LogP contribution in [0.25, 0.3) is 21.9 Å². The molecule has 0 aromatic heterocycles. The first-order chi connectivity index (χ1) is 12.0. The number of rotatable bonds is 2. The third-order valence-corrected chi connectivity index (χ3v) is 4.41. The number of nitro benzene ring substituents is 1. The maximum atomic E-state index is 12.4. The molecule has 1 aliphatic rings. The molecule has 0 atom stereocenters. The van der Waals surface area contributed by atoms with Crippen molar-refractivity contribution in [1.29, 1.82) is 0 Å². The summed E-state index contributed by atoms with van der Waals surface area (Å²) in [6, 6.07) is 12.7. The van der Waals surface area contributed by atoms with Crippen LogP contribution in [0.15, 0.2) is 53.4 Å². The molecule has 6 nitrogen and oxygen atoms in total. The minimum atomic E-state index is -0.887. The third-order valence-electron chi connectivity index (χ3n) is 4.11. The zero-order chi connectivity index (χ0) is 17.7. The van der Waals surface area contributed by atoms with E-state index in [1.165, 1.54) is 12.1 Å². The molecule has 25 heavy (non-hydrogen) atoms. The van der Waals surface area contributed by atoms with Crippen LogP contribution >= 0.6 is 12.6 Å². The second kappa shape index (κ2) is 5.42. The zero-order valence-electron chi connectivity index (χ0n) is 12.6. The topological polar surface area (TPSA) is 86.5 Å². The van der Waals surface area contributed by atoms with Crippen LogP contribution in [0.1, 0.15) is 20.7 Å². The highest BCUT2D eigenvalue weighted by atomic mass is 32.1. The van der Waals surface area contributed by atoms with Gasteiger partial charge >= 0.3 is 11.9 Å². The van der Waals surface area contributed by atoms with Crippen LogP contribution < -0.4 is 0 Å². The normalized spacial score (nSPS) is 13.0. The van der Waals surface area contributed by atoms with E-state index in [4.69, 9.17) is 4.74 Å². The van der Waals surface area contributed by atoms with Crippen molar-refractivity contribution in [2.24, 2.45) is 0 Å². The standard InChI is InChI=1S/C18H9NO5S/c20-17-12-3-1-2-10-8-13(19(22)23)15(9-4-6-11(25)7-5-9)16(14(10)12)18(21)24-17/h1-8,25H. The molecule has 1 aliphatic heterocycles. The predicted molar refractivity (Wildman–Crippen MR) is 93.0 cm³/mol. The predicted octanol–water partition coefficient (Wildman–Crippen LogP) is 4.01. The molecule has 122 valence electrons. The molecule has 0 N–H and O–H groups in total.